The molecule has 2 atom stereocenters. The van der Waals surface area contributed by atoms with E-state index in [9.17, 15) is 0 Å². The summed E-state index contributed by atoms with van der Waals surface area (Å²) in [5, 5.41) is 2.24. The molecule has 1 aromatic heterocycles. The third kappa shape index (κ3) is 1.09. The highest BCUT2D eigenvalue weighted by atomic mass is 35.5. The molecule has 2 unspecified atom stereocenters. The molecule has 1 nitrogen and oxygen atoms in total. The first-order valence-corrected chi connectivity index (χ1v) is 5.89. The number of thiophene rings is 1. The Hall–Kier alpha value is -0.0500. The molecule has 0 amide bonds. The van der Waals surface area contributed by atoms with Crippen molar-refractivity contribution in [2.45, 2.75) is 11.8 Å². The topological polar surface area (TPSA) is 3.24 Å². The first-order chi connectivity index (χ1) is 6.21. The van der Waals surface area contributed by atoms with Crippen LogP contribution in [-0.2, 0) is 5.41 Å². The van der Waals surface area contributed by atoms with Crippen molar-refractivity contribution in [3.8, 4) is 0 Å². The lowest BCUT2D eigenvalue weighted by Gasteiger charge is -2.14. The highest BCUT2D eigenvalue weighted by Crippen LogP contribution is 2.59. The Labute approximate surface area is 87.3 Å². The first kappa shape index (κ1) is 8.27. The fraction of sp³-hybridized carbons (Fsp3) is 0.600. The van der Waals surface area contributed by atoms with Gasteiger partial charge in [-0.2, -0.15) is 0 Å². The normalized spacial score (nSPS) is 37.8. The maximum atomic E-state index is 5.96. The lowest BCUT2D eigenvalue weighted by Crippen LogP contribution is -2.21. The maximum Gasteiger partial charge on any atom is 0.0931 e. The molecule has 2 aliphatic rings. The van der Waals surface area contributed by atoms with Gasteiger partial charge in [0, 0.05) is 18.5 Å². The Morgan fingerprint density at radius 1 is 1.69 bits per heavy atom. The number of likely N-dealkylation sites (tertiary alicyclic amines) is 1. The van der Waals surface area contributed by atoms with Gasteiger partial charge in [-0.25, -0.2) is 0 Å². The summed E-state index contributed by atoms with van der Waals surface area (Å²) in [4.78, 5) is 2.43. The number of nitrogens with zero attached hydrogens (tertiary/aromatic N) is 1. The molecule has 1 aromatic rings. The highest BCUT2D eigenvalue weighted by Gasteiger charge is 2.60. The van der Waals surface area contributed by atoms with E-state index in [1.165, 1.54) is 25.1 Å². The summed E-state index contributed by atoms with van der Waals surface area (Å²) in [6.07, 6.45) is 1.38. The lowest BCUT2D eigenvalue weighted by atomic mass is 9.98. The molecule has 2 fully saturated rings. The van der Waals surface area contributed by atoms with E-state index in [2.05, 4.69) is 23.4 Å². The van der Waals surface area contributed by atoms with Crippen molar-refractivity contribution in [3.05, 3.63) is 21.3 Å². The smallest absolute Gasteiger partial charge is 0.0931 e. The van der Waals surface area contributed by atoms with E-state index in [-0.39, 0.29) is 0 Å². The van der Waals surface area contributed by atoms with Crippen LogP contribution in [-0.4, -0.2) is 25.0 Å². The van der Waals surface area contributed by atoms with Gasteiger partial charge in [0.1, 0.15) is 0 Å². The molecule has 2 heterocycles. The van der Waals surface area contributed by atoms with Crippen LogP contribution in [0.2, 0.25) is 4.34 Å². The number of fused-ring (bicyclic) bond motifs is 1. The maximum absolute atomic E-state index is 5.96. The Balaban J connectivity index is 1.94. The molecular weight excluding hydrogens is 202 g/mol. The number of rotatable bonds is 1. The third-order valence-electron chi connectivity index (χ3n) is 3.46. The number of hydrogen-bond acceptors (Lipinski definition) is 2. The molecule has 0 bridgehead atoms. The Bertz CT molecular complexity index is 348. The Morgan fingerprint density at radius 3 is 3.08 bits per heavy atom. The van der Waals surface area contributed by atoms with E-state index in [1.807, 2.05) is 0 Å². The molecule has 0 N–H and O–H groups in total. The number of likely N-dealkylation sites (N-methyl/N-ethyl adjacent to an activating group) is 1. The quantitative estimate of drug-likeness (QED) is 0.693. The lowest BCUT2D eigenvalue weighted by molar-refractivity contribution is 0.363. The zero-order valence-electron chi connectivity index (χ0n) is 7.59. The molecule has 13 heavy (non-hydrogen) atoms. The largest absolute Gasteiger partial charge is 0.305 e. The van der Waals surface area contributed by atoms with Crippen LogP contribution in [0.25, 0.3) is 0 Å². The van der Waals surface area contributed by atoms with Crippen LogP contribution in [0.15, 0.2) is 11.4 Å². The third-order valence-corrected chi connectivity index (χ3v) is 4.55. The van der Waals surface area contributed by atoms with Gasteiger partial charge in [-0.05, 0) is 36.4 Å². The SMILES string of the molecule is CN1CC2CC2(c2csc(Cl)c2)C1. The van der Waals surface area contributed by atoms with Gasteiger partial charge >= 0.3 is 0 Å². The summed E-state index contributed by atoms with van der Waals surface area (Å²) in [6, 6.07) is 2.16. The molecular formula is C10H12ClNS. The zero-order valence-corrected chi connectivity index (χ0v) is 9.16. The average Bonchev–Trinajstić information content (AvgIpc) is 2.46. The first-order valence-electron chi connectivity index (χ1n) is 4.64. The molecule has 0 spiro atoms. The molecule has 1 saturated carbocycles. The van der Waals surface area contributed by atoms with Crippen molar-refractivity contribution in [2.24, 2.45) is 5.92 Å². The van der Waals surface area contributed by atoms with Crippen molar-refractivity contribution in [2.75, 3.05) is 20.1 Å². The molecule has 70 valence electrons. The van der Waals surface area contributed by atoms with Crippen molar-refractivity contribution < 1.29 is 0 Å². The molecule has 1 aliphatic carbocycles. The van der Waals surface area contributed by atoms with Gasteiger partial charge in [-0.3, -0.25) is 0 Å². The number of piperidine rings is 1. The Kier molecular flexibility index (Phi) is 1.59. The molecule has 0 aromatic carbocycles. The minimum atomic E-state index is 0.498. The van der Waals surface area contributed by atoms with E-state index < -0.39 is 0 Å². The van der Waals surface area contributed by atoms with E-state index in [0.29, 0.717) is 5.41 Å². The zero-order chi connectivity index (χ0) is 9.05. The standard InChI is InChI=1S/C10H12ClNS/c1-12-4-8-3-10(8,6-12)7-2-9(11)13-5-7/h2,5,8H,3-4,6H2,1H3. The van der Waals surface area contributed by atoms with E-state index in [0.717, 1.165) is 10.3 Å². The Morgan fingerprint density at radius 2 is 2.54 bits per heavy atom. The summed E-state index contributed by atoms with van der Waals surface area (Å²) in [5.74, 6) is 0.906. The van der Waals surface area contributed by atoms with E-state index >= 15 is 0 Å². The fourth-order valence-electron chi connectivity index (χ4n) is 2.75. The second-order valence-electron chi connectivity index (χ2n) is 4.39. The minimum Gasteiger partial charge on any atom is -0.305 e. The van der Waals surface area contributed by atoms with Crippen LogP contribution in [0.5, 0.6) is 0 Å². The van der Waals surface area contributed by atoms with Gasteiger partial charge in [0.25, 0.3) is 0 Å². The van der Waals surface area contributed by atoms with E-state index in [1.54, 1.807) is 11.3 Å². The van der Waals surface area contributed by atoms with Crippen LogP contribution in [0, 0.1) is 5.92 Å². The second-order valence-corrected chi connectivity index (χ2v) is 5.94. The molecule has 3 rings (SSSR count). The predicted molar refractivity (Wildman–Crippen MR) is 56.6 cm³/mol. The van der Waals surface area contributed by atoms with Crippen LogP contribution >= 0.6 is 22.9 Å². The summed E-state index contributed by atoms with van der Waals surface area (Å²) < 4.78 is 0.935. The van der Waals surface area contributed by atoms with Crippen molar-refractivity contribution in [1.82, 2.24) is 4.90 Å². The van der Waals surface area contributed by atoms with Gasteiger partial charge < -0.3 is 4.90 Å². The fourth-order valence-corrected chi connectivity index (χ4v) is 3.74. The molecule has 3 heteroatoms. The molecule has 1 aliphatic heterocycles. The van der Waals surface area contributed by atoms with Gasteiger partial charge in [0.2, 0.25) is 0 Å². The van der Waals surface area contributed by atoms with Gasteiger partial charge in [0.15, 0.2) is 0 Å². The van der Waals surface area contributed by atoms with Crippen LogP contribution in [0.1, 0.15) is 12.0 Å². The van der Waals surface area contributed by atoms with Gasteiger partial charge in [0.05, 0.1) is 4.34 Å². The molecule has 1 saturated heterocycles. The van der Waals surface area contributed by atoms with Gasteiger partial charge in [-0.1, -0.05) is 11.6 Å². The minimum absolute atomic E-state index is 0.498. The summed E-state index contributed by atoms with van der Waals surface area (Å²) in [6.45, 7) is 2.50. The highest BCUT2D eigenvalue weighted by molar-refractivity contribution is 7.14. The van der Waals surface area contributed by atoms with Crippen LogP contribution in [0.4, 0.5) is 0 Å². The van der Waals surface area contributed by atoms with Gasteiger partial charge in [-0.15, -0.1) is 11.3 Å². The predicted octanol–water partition coefficient (Wildman–Crippen LogP) is 2.60. The van der Waals surface area contributed by atoms with Crippen molar-refractivity contribution in [3.63, 3.8) is 0 Å². The van der Waals surface area contributed by atoms with E-state index in [4.69, 9.17) is 11.6 Å². The summed E-state index contributed by atoms with van der Waals surface area (Å²) in [7, 11) is 2.21. The van der Waals surface area contributed by atoms with Crippen molar-refractivity contribution >= 4 is 22.9 Å². The average molecular weight is 214 g/mol. The van der Waals surface area contributed by atoms with Crippen LogP contribution in [0.3, 0.4) is 0 Å². The number of halogens is 1. The van der Waals surface area contributed by atoms with Crippen molar-refractivity contribution in [1.29, 1.82) is 0 Å². The second kappa shape index (κ2) is 2.50. The summed E-state index contributed by atoms with van der Waals surface area (Å²) >= 11 is 7.63. The monoisotopic (exact) mass is 213 g/mol. The molecule has 0 radical (unpaired) electrons. The number of hydrogen-bond donors (Lipinski definition) is 0. The van der Waals surface area contributed by atoms with Crippen LogP contribution < -0.4 is 0 Å². The summed E-state index contributed by atoms with van der Waals surface area (Å²) in [5.41, 5.74) is 1.98.